The van der Waals surface area contributed by atoms with Gasteiger partial charge in [0.15, 0.2) is 5.78 Å². The predicted molar refractivity (Wildman–Crippen MR) is 91.2 cm³/mol. The average molecular weight is 367 g/mol. The first-order valence-electron chi connectivity index (χ1n) is 6.87. The van der Waals surface area contributed by atoms with Crippen LogP contribution < -0.4 is 5.32 Å². The Morgan fingerprint density at radius 2 is 1.86 bits per heavy atom. The molecule has 0 aromatic heterocycles. The Bertz CT molecular complexity index is 621. The van der Waals surface area contributed by atoms with Crippen molar-refractivity contribution in [2.45, 2.75) is 18.9 Å². The topological polar surface area (TPSA) is 29.1 Å². The van der Waals surface area contributed by atoms with Crippen LogP contribution in [0.25, 0.3) is 0 Å². The normalized spacial score (nSPS) is 17.3. The van der Waals surface area contributed by atoms with E-state index in [2.05, 4.69) is 27.3 Å². The molecule has 0 spiro atoms. The van der Waals surface area contributed by atoms with Gasteiger partial charge in [-0.3, -0.25) is 4.79 Å². The van der Waals surface area contributed by atoms with Crippen LogP contribution in [0, 0.1) is 0 Å². The van der Waals surface area contributed by atoms with E-state index in [9.17, 15) is 4.79 Å². The second-order valence-electron chi connectivity index (χ2n) is 5.11. The van der Waals surface area contributed by atoms with E-state index in [1.165, 1.54) is 12.0 Å². The van der Waals surface area contributed by atoms with Crippen molar-refractivity contribution >= 4 is 34.1 Å². The maximum atomic E-state index is 12.5. The molecule has 1 aliphatic rings. The highest BCUT2D eigenvalue weighted by Gasteiger charge is 2.17. The maximum absolute atomic E-state index is 12.5. The van der Waals surface area contributed by atoms with E-state index in [1.807, 2.05) is 42.5 Å². The van der Waals surface area contributed by atoms with Crippen LogP contribution in [-0.4, -0.2) is 12.3 Å². The summed E-state index contributed by atoms with van der Waals surface area (Å²) in [4.78, 5) is 12.5. The molecular formula is C17H17BrClNO. The first-order valence-corrected chi connectivity index (χ1v) is 7.67. The van der Waals surface area contributed by atoms with Crippen LogP contribution in [0.15, 0.2) is 53.0 Å². The SMILES string of the molecule is Cl.O=C(c1ccc(Br)cc1)c1cccc([C@H]2CCCN2)c1. The molecular weight excluding hydrogens is 350 g/mol. The Morgan fingerprint density at radius 1 is 1.10 bits per heavy atom. The quantitative estimate of drug-likeness (QED) is 0.809. The lowest BCUT2D eigenvalue weighted by atomic mass is 9.98. The molecule has 21 heavy (non-hydrogen) atoms. The minimum absolute atomic E-state index is 0. The van der Waals surface area contributed by atoms with Gasteiger partial charge in [0.25, 0.3) is 0 Å². The third-order valence-electron chi connectivity index (χ3n) is 3.72. The molecule has 3 rings (SSSR count). The van der Waals surface area contributed by atoms with E-state index in [1.54, 1.807) is 0 Å². The number of benzene rings is 2. The second-order valence-corrected chi connectivity index (χ2v) is 6.03. The van der Waals surface area contributed by atoms with E-state index in [0.29, 0.717) is 6.04 Å². The molecule has 0 unspecified atom stereocenters. The Labute approximate surface area is 139 Å². The number of carbonyl (C=O) groups is 1. The summed E-state index contributed by atoms with van der Waals surface area (Å²) in [6.45, 7) is 1.07. The van der Waals surface area contributed by atoms with E-state index in [4.69, 9.17) is 0 Å². The van der Waals surface area contributed by atoms with Gasteiger partial charge in [0.1, 0.15) is 0 Å². The van der Waals surface area contributed by atoms with Crippen LogP contribution in [0.3, 0.4) is 0 Å². The highest BCUT2D eigenvalue weighted by atomic mass is 79.9. The van der Waals surface area contributed by atoms with Gasteiger partial charge >= 0.3 is 0 Å². The van der Waals surface area contributed by atoms with Crippen molar-refractivity contribution in [1.82, 2.24) is 5.32 Å². The molecule has 4 heteroatoms. The molecule has 2 aromatic carbocycles. The van der Waals surface area contributed by atoms with E-state index in [-0.39, 0.29) is 18.2 Å². The van der Waals surface area contributed by atoms with Crippen molar-refractivity contribution in [2.75, 3.05) is 6.54 Å². The van der Waals surface area contributed by atoms with E-state index >= 15 is 0 Å². The standard InChI is InChI=1S/C17H16BrNO.ClH/c18-15-8-6-12(7-9-15)17(20)14-4-1-3-13(11-14)16-5-2-10-19-16;/h1,3-4,6-9,11,16,19H,2,5,10H2;1H/t16-;/m1./s1. The fourth-order valence-corrected chi connectivity index (χ4v) is 2.90. The molecule has 1 fully saturated rings. The van der Waals surface area contributed by atoms with Gasteiger partial charge in [0, 0.05) is 21.6 Å². The summed E-state index contributed by atoms with van der Waals surface area (Å²) >= 11 is 3.39. The monoisotopic (exact) mass is 365 g/mol. The molecule has 1 N–H and O–H groups in total. The van der Waals surface area contributed by atoms with Gasteiger partial charge in [-0.15, -0.1) is 12.4 Å². The number of hydrogen-bond acceptors (Lipinski definition) is 2. The van der Waals surface area contributed by atoms with Crippen LogP contribution >= 0.6 is 28.3 Å². The minimum atomic E-state index is 0. The lowest BCUT2D eigenvalue weighted by Crippen LogP contribution is -2.13. The van der Waals surface area contributed by atoms with Crippen molar-refractivity contribution < 1.29 is 4.79 Å². The molecule has 1 heterocycles. The van der Waals surface area contributed by atoms with Gasteiger partial charge in [-0.1, -0.05) is 34.1 Å². The summed E-state index contributed by atoms with van der Waals surface area (Å²) < 4.78 is 0.984. The molecule has 110 valence electrons. The van der Waals surface area contributed by atoms with E-state index in [0.717, 1.165) is 28.6 Å². The van der Waals surface area contributed by atoms with Crippen LogP contribution in [0.2, 0.25) is 0 Å². The molecule has 0 saturated carbocycles. The Morgan fingerprint density at radius 3 is 2.52 bits per heavy atom. The number of halogens is 2. The first-order chi connectivity index (χ1) is 9.74. The van der Waals surface area contributed by atoms with Gasteiger partial charge in [0.05, 0.1) is 0 Å². The molecule has 1 atom stereocenters. The largest absolute Gasteiger partial charge is 0.310 e. The molecule has 1 saturated heterocycles. The molecule has 0 amide bonds. The summed E-state index contributed by atoms with van der Waals surface area (Å²) in [5, 5.41) is 3.47. The highest BCUT2D eigenvalue weighted by Crippen LogP contribution is 2.24. The fourth-order valence-electron chi connectivity index (χ4n) is 2.63. The summed E-state index contributed by atoms with van der Waals surface area (Å²) in [6, 6.07) is 15.9. The predicted octanol–water partition coefficient (Wildman–Crippen LogP) is 4.53. The van der Waals surface area contributed by atoms with Crippen LogP contribution in [0.5, 0.6) is 0 Å². The summed E-state index contributed by atoms with van der Waals surface area (Å²) in [6.07, 6.45) is 2.35. The lowest BCUT2D eigenvalue weighted by molar-refractivity contribution is 0.103. The number of rotatable bonds is 3. The van der Waals surface area contributed by atoms with E-state index < -0.39 is 0 Å². The highest BCUT2D eigenvalue weighted by molar-refractivity contribution is 9.10. The Balaban J connectivity index is 0.00000161. The first kappa shape index (κ1) is 16.2. The molecule has 1 aliphatic heterocycles. The third kappa shape index (κ3) is 3.73. The summed E-state index contributed by atoms with van der Waals surface area (Å²) in [7, 11) is 0. The zero-order chi connectivity index (χ0) is 13.9. The molecule has 0 radical (unpaired) electrons. The zero-order valence-corrected chi connectivity index (χ0v) is 13.9. The van der Waals surface area contributed by atoms with Crippen LogP contribution in [0.4, 0.5) is 0 Å². The van der Waals surface area contributed by atoms with Crippen molar-refractivity contribution in [3.8, 4) is 0 Å². The number of ketones is 1. The van der Waals surface area contributed by atoms with Gasteiger partial charge in [-0.2, -0.15) is 0 Å². The van der Waals surface area contributed by atoms with Crippen LogP contribution in [0.1, 0.15) is 40.4 Å². The van der Waals surface area contributed by atoms with Crippen molar-refractivity contribution in [1.29, 1.82) is 0 Å². The van der Waals surface area contributed by atoms with Gasteiger partial charge < -0.3 is 5.32 Å². The second kappa shape index (κ2) is 7.21. The molecule has 2 aromatic rings. The summed E-state index contributed by atoms with van der Waals surface area (Å²) in [5.74, 6) is 0.0809. The smallest absolute Gasteiger partial charge is 0.193 e. The summed E-state index contributed by atoms with van der Waals surface area (Å²) in [5.41, 5.74) is 2.70. The van der Waals surface area contributed by atoms with Gasteiger partial charge in [0.2, 0.25) is 0 Å². The maximum Gasteiger partial charge on any atom is 0.193 e. The van der Waals surface area contributed by atoms with Gasteiger partial charge in [-0.05, 0) is 55.3 Å². The number of hydrogen-bond donors (Lipinski definition) is 1. The molecule has 0 bridgehead atoms. The van der Waals surface area contributed by atoms with Gasteiger partial charge in [-0.25, -0.2) is 0 Å². The average Bonchev–Trinajstić information content (AvgIpc) is 3.02. The zero-order valence-electron chi connectivity index (χ0n) is 11.5. The van der Waals surface area contributed by atoms with Crippen molar-refractivity contribution in [3.63, 3.8) is 0 Å². The molecule has 0 aliphatic carbocycles. The fraction of sp³-hybridized carbons (Fsp3) is 0.235. The Hall–Kier alpha value is -1.16. The number of nitrogens with one attached hydrogen (secondary N) is 1. The molecule has 2 nitrogen and oxygen atoms in total. The third-order valence-corrected chi connectivity index (χ3v) is 4.25. The van der Waals surface area contributed by atoms with Crippen molar-refractivity contribution in [3.05, 3.63) is 69.7 Å². The van der Waals surface area contributed by atoms with Crippen molar-refractivity contribution in [2.24, 2.45) is 0 Å². The lowest BCUT2D eigenvalue weighted by Gasteiger charge is -2.11. The minimum Gasteiger partial charge on any atom is -0.310 e. The Kier molecular flexibility index (Phi) is 5.57. The number of carbonyl (C=O) groups excluding carboxylic acids is 1. The van der Waals surface area contributed by atoms with Crippen LogP contribution in [-0.2, 0) is 0 Å².